The van der Waals surface area contributed by atoms with Crippen LogP contribution in [0.1, 0.15) is 19.8 Å². The Morgan fingerprint density at radius 3 is 1.61 bits per heavy atom. The van der Waals surface area contributed by atoms with Crippen molar-refractivity contribution in [3.63, 3.8) is 0 Å². The maximum absolute atomic E-state index is 5.84. The van der Waals surface area contributed by atoms with E-state index < -0.39 is 0 Å². The number of para-hydroxylation sites is 2. The van der Waals surface area contributed by atoms with Crippen LogP contribution in [-0.2, 0) is 0 Å². The highest BCUT2D eigenvalue weighted by Gasteiger charge is 2.10. The van der Waals surface area contributed by atoms with Crippen LogP contribution in [0.5, 0.6) is 11.5 Å². The lowest BCUT2D eigenvalue weighted by atomic mass is 10.3. The van der Waals surface area contributed by atoms with Crippen LogP contribution in [0.3, 0.4) is 0 Å². The third-order valence-electron chi connectivity index (χ3n) is 2.55. The summed E-state index contributed by atoms with van der Waals surface area (Å²) in [4.78, 5) is 0. The molecule has 0 aliphatic carbocycles. The van der Waals surface area contributed by atoms with Crippen LogP contribution in [0.4, 0.5) is 0 Å². The number of ether oxygens (including phenoxy) is 2. The van der Waals surface area contributed by atoms with Crippen LogP contribution in [0.15, 0.2) is 60.7 Å². The second-order valence-corrected chi connectivity index (χ2v) is 4.08. The Morgan fingerprint density at radius 2 is 1.22 bits per heavy atom. The predicted molar refractivity (Wildman–Crippen MR) is 72.8 cm³/mol. The minimum Gasteiger partial charge on any atom is -0.455 e. The van der Waals surface area contributed by atoms with E-state index in [0.29, 0.717) is 0 Å². The second kappa shape index (κ2) is 6.70. The molecular formula is C16H18O2. The van der Waals surface area contributed by atoms with Gasteiger partial charge in [0.05, 0.1) is 0 Å². The lowest BCUT2D eigenvalue weighted by Gasteiger charge is -2.20. The Morgan fingerprint density at radius 1 is 0.778 bits per heavy atom. The molecule has 0 aromatic heterocycles. The van der Waals surface area contributed by atoms with Crippen molar-refractivity contribution in [3.05, 3.63) is 60.7 Å². The zero-order chi connectivity index (χ0) is 12.6. The maximum atomic E-state index is 5.84. The average molecular weight is 242 g/mol. The van der Waals surface area contributed by atoms with E-state index in [1.807, 2.05) is 60.7 Å². The van der Waals surface area contributed by atoms with Crippen molar-refractivity contribution in [3.8, 4) is 11.5 Å². The molecule has 2 aromatic carbocycles. The molecule has 0 saturated heterocycles. The molecule has 0 spiro atoms. The SMILES string of the molecule is CCCC(Oc1ccccc1)Oc1ccccc1. The standard InChI is InChI=1S/C16H18O2/c1-2-9-16(17-14-10-5-3-6-11-14)18-15-12-7-4-8-13-15/h3-8,10-13,16H,2,9H2,1H3. The number of benzene rings is 2. The first-order valence-corrected chi connectivity index (χ1v) is 6.32. The van der Waals surface area contributed by atoms with Crippen LogP contribution in [-0.4, -0.2) is 6.29 Å². The molecular weight excluding hydrogens is 224 g/mol. The van der Waals surface area contributed by atoms with Gasteiger partial charge in [0.2, 0.25) is 6.29 Å². The van der Waals surface area contributed by atoms with Gasteiger partial charge in [-0.2, -0.15) is 0 Å². The highest BCUT2D eigenvalue weighted by atomic mass is 16.7. The summed E-state index contributed by atoms with van der Waals surface area (Å²) in [6, 6.07) is 19.5. The summed E-state index contributed by atoms with van der Waals surface area (Å²) >= 11 is 0. The fourth-order valence-corrected chi connectivity index (χ4v) is 1.68. The molecule has 0 bridgehead atoms. The Hall–Kier alpha value is -1.96. The van der Waals surface area contributed by atoms with Crippen LogP contribution >= 0.6 is 0 Å². The van der Waals surface area contributed by atoms with Crippen molar-refractivity contribution in [1.82, 2.24) is 0 Å². The van der Waals surface area contributed by atoms with E-state index in [1.54, 1.807) is 0 Å². The number of rotatable bonds is 6. The van der Waals surface area contributed by atoms with Gasteiger partial charge in [0.25, 0.3) is 0 Å². The van der Waals surface area contributed by atoms with Crippen LogP contribution in [0.2, 0.25) is 0 Å². The lowest BCUT2D eigenvalue weighted by Crippen LogP contribution is -2.23. The van der Waals surface area contributed by atoms with Gasteiger partial charge in [0.1, 0.15) is 11.5 Å². The molecule has 0 heterocycles. The molecule has 2 heteroatoms. The van der Waals surface area contributed by atoms with Gasteiger partial charge in [-0.05, 0) is 30.7 Å². The smallest absolute Gasteiger partial charge is 0.241 e. The molecule has 2 nitrogen and oxygen atoms in total. The molecule has 2 aromatic rings. The zero-order valence-corrected chi connectivity index (χ0v) is 10.6. The molecule has 18 heavy (non-hydrogen) atoms. The van der Waals surface area contributed by atoms with Gasteiger partial charge >= 0.3 is 0 Å². The lowest BCUT2D eigenvalue weighted by molar-refractivity contribution is -0.00103. The molecule has 94 valence electrons. The molecule has 0 aliphatic rings. The average Bonchev–Trinajstić information content (AvgIpc) is 2.41. The summed E-state index contributed by atoms with van der Waals surface area (Å²) in [5.41, 5.74) is 0. The first-order chi connectivity index (χ1) is 8.88. The summed E-state index contributed by atoms with van der Waals surface area (Å²) < 4.78 is 11.7. The minimum atomic E-state index is -0.236. The molecule has 0 aliphatic heterocycles. The van der Waals surface area contributed by atoms with Crippen LogP contribution in [0.25, 0.3) is 0 Å². The van der Waals surface area contributed by atoms with Crippen molar-refractivity contribution in [1.29, 1.82) is 0 Å². The third-order valence-corrected chi connectivity index (χ3v) is 2.55. The largest absolute Gasteiger partial charge is 0.455 e. The van der Waals surface area contributed by atoms with Crippen molar-refractivity contribution < 1.29 is 9.47 Å². The molecule has 2 rings (SSSR count). The van der Waals surface area contributed by atoms with E-state index in [-0.39, 0.29) is 6.29 Å². The number of hydrogen-bond donors (Lipinski definition) is 0. The Labute approximate surface area is 108 Å². The van der Waals surface area contributed by atoms with Crippen molar-refractivity contribution in [2.45, 2.75) is 26.1 Å². The molecule has 0 saturated carbocycles. The van der Waals surface area contributed by atoms with Crippen molar-refractivity contribution >= 4 is 0 Å². The Bertz CT molecular complexity index is 398. The zero-order valence-electron chi connectivity index (χ0n) is 10.6. The van der Waals surface area contributed by atoms with E-state index in [2.05, 4.69) is 6.92 Å². The second-order valence-electron chi connectivity index (χ2n) is 4.08. The summed E-state index contributed by atoms with van der Waals surface area (Å²) in [5, 5.41) is 0. The third kappa shape index (κ3) is 3.81. The first kappa shape index (κ1) is 12.5. The monoisotopic (exact) mass is 242 g/mol. The molecule has 0 radical (unpaired) electrons. The van der Waals surface area contributed by atoms with E-state index in [0.717, 1.165) is 24.3 Å². The van der Waals surface area contributed by atoms with Gasteiger partial charge in [-0.15, -0.1) is 0 Å². The normalized spacial score (nSPS) is 10.3. The van der Waals surface area contributed by atoms with E-state index >= 15 is 0 Å². The van der Waals surface area contributed by atoms with Gasteiger partial charge < -0.3 is 9.47 Å². The van der Waals surface area contributed by atoms with Gasteiger partial charge in [-0.1, -0.05) is 43.3 Å². The van der Waals surface area contributed by atoms with Gasteiger partial charge in [0.15, 0.2) is 0 Å². The topological polar surface area (TPSA) is 18.5 Å². The van der Waals surface area contributed by atoms with Crippen LogP contribution in [0, 0.1) is 0 Å². The fourth-order valence-electron chi connectivity index (χ4n) is 1.68. The van der Waals surface area contributed by atoms with E-state index in [4.69, 9.17) is 9.47 Å². The highest BCUT2D eigenvalue weighted by molar-refractivity contribution is 5.23. The molecule has 0 unspecified atom stereocenters. The van der Waals surface area contributed by atoms with Crippen LogP contribution < -0.4 is 9.47 Å². The Balaban J connectivity index is 2.00. The summed E-state index contributed by atoms with van der Waals surface area (Å²) in [6.07, 6.45) is 1.65. The summed E-state index contributed by atoms with van der Waals surface area (Å²) in [6.45, 7) is 2.12. The van der Waals surface area contributed by atoms with Crippen molar-refractivity contribution in [2.75, 3.05) is 0 Å². The number of hydrogen-bond acceptors (Lipinski definition) is 2. The fraction of sp³-hybridized carbons (Fsp3) is 0.250. The van der Waals surface area contributed by atoms with Crippen molar-refractivity contribution in [2.24, 2.45) is 0 Å². The molecule has 0 N–H and O–H groups in total. The highest BCUT2D eigenvalue weighted by Crippen LogP contribution is 2.18. The molecule has 0 atom stereocenters. The first-order valence-electron chi connectivity index (χ1n) is 6.32. The van der Waals surface area contributed by atoms with E-state index in [9.17, 15) is 0 Å². The summed E-state index contributed by atoms with van der Waals surface area (Å²) in [7, 11) is 0. The minimum absolute atomic E-state index is 0.236. The van der Waals surface area contributed by atoms with Gasteiger partial charge in [0, 0.05) is 6.42 Å². The maximum Gasteiger partial charge on any atom is 0.241 e. The molecule has 0 fully saturated rings. The van der Waals surface area contributed by atoms with Gasteiger partial charge in [-0.25, -0.2) is 0 Å². The van der Waals surface area contributed by atoms with Gasteiger partial charge in [-0.3, -0.25) is 0 Å². The Kier molecular flexibility index (Phi) is 4.65. The molecule has 0 amide bonds. The van der Waals surface area contributed by atoms with E-state index in [1.165, 1.54) is 0 Å². The summed E-state index contributed by atoms with van der Waals surface area (Å²) in [5.74, 6) is 1.68. The quantitative estimate of drug-likeness (QED) is 0.704. The predicted octanol–water partition coefficient (Wildman–Crippen LogP) is 4.27.